The Bertz CT molecular complexity index is 1420. The highest BCUT2D eigenvalue weighted by Crippen LogP contribution is 2.38. The molecule has 2 N–H and O–H groups in total. The summed E-state index contributed by atoms with van der Waals surface area (Å²) in [6.45, 7) is 5.76. The van der Waals surface area contributed by atoms with Crippen LogP contribution in [0.25, 0.3) is 10.8 Å². The van der Waals surface area contributed by atoms with Crippen LogP contribution in [0.1, 0.15) is 42.5 Å². The highest BCUT2D eigenvalue weighted by Gasteiger charge is 2.25. The molecule has 0 radical (unpaired) electrons. The lowest BCUT2D eigenvalue weighted by atomic mass is 9.88. The van der Waals surface area contributed by atoms with Gasteiger partial charge in [-0.05, 0) is 85.2 Å². The Kier molecular flexibility index (Phi) is 9.50. The molecular weight excluding hydrogens is 508 g/mol. The molecule has 0 fully saturated rings. The van der Waals surface area contributed by atoms with Crippen molar-refractivity contribution >= 4 is 40.5 Å². The third-order valence-corrected chi connectivity index (χ3v) is 7.60. The summed E-state index contributed by atoms with van der Waals surface area (Å²) in [6, 6.07) is 30.1. The number of carboxylic acids is 1. The van der Waals surface area contributed by atoms with E-state index >= 15 is 0 Å². The van der Waals surface area contributed by atoms with Gasteiger partial charge < -0.3 is 20.1 Å². The summed E-state index contributed by atoms with van der Waals surface area (Å²) >= 11 is 0. The first-order chi connectivity index (χ1) is 18.5. The van der Waals surface area contributed by atoms with E-state index in [2.05, 4.69) is 89.9 Å². The molecule has 204 valence electrons. The second kappa shape index (κ2) is 13.0. The Labute approximate surface area is 237 Å². The quantitative estimate of drug-likeness (QED) is 0.203. The van der Waals surface area contributed by atoms with Crippen LogP contribution in [0.3, 0.4) is 0 Å². The van der Waals surface area contributed by atoms with Gasteiger partial charge in [0.15, 0.2) is 6.61 Å². The minimum atomic E-state index is -0.971. The Morgan fingerprint density at radius 2 is 1.82 bits per heavy atom. The van der Waals surface area contributed by atoms with Crippen LogP contribution in [0.2, 0.25) is 0 Å². The van der Waals surface area contributed by atoms with Crippen LogP contribution < -0.4 is 15.0 Å². The SMILES string of the molecule is Cc1ccc(N2CC(CCCN[C@H](C)c3cccc4ccccc34)Cc3ccccc32)cc1OCC(=O)O.Cl. The van der Waals surface area contributed by atoms with Gasteiger partial charge >= 0.3 is 5.97 Å². The molecule has 5 rings (SSSR count). The number of nitrogens with zero attached hydrogens (tertiary/aromatic N) is 1. The summed E-state index contributed by atoms with van der Waals surface area (Å²) in [4.78, 5) is 13.4. The first kappa shape index (κ1) is 28.5. The van der Waals surface area contributed by atoms with Crippen LogP contribution in [0.5, 0.6) is 5.75 Å². The summed E-state index contributed by atoms with van der Waals surface area (Å²) in [5.41, 5.74) is 5.90. The number of halogens is 1. The van der Waals surface area contributed by atoms with Crippen LogP contribution in [0, 0.1) is 12.8 Å². The zero-order valence-corrected chi connectivity index (χ0v) is 23.4. The van der Waals surface area contributed by atoms with Gasteiger partial charge in [-0.2, -0.15) is 0 Å². The molecule has 1 unspecified atom stereocenters. The van der Waals surface area contributed by atoms with Crippen LogP contribution in [-0.4, -0.2) is 30.8 Å². The molecule has 5 nitrogen and oxygen atoms in total. The molecular formula is C33H37ClN2O3. The summed E-state index contributed by atoms with van der Waals surface area (Å²) in [6.07, 6.45) is 3.31. The number of carboxylic acid groups (broad SMARTS) is 1. The predicted octanol–water partition coefficient (Wildman–Crippen LogP) is 7.47. The second-order valence-electron chi connectivity index (χ2n) is 10.3. The van der Waals surface area contributed by atoms with Gasteiger partial charge in [-0.15, -0.1) is 12.4 Å². The molecule has 2 atom stereocenters. The lowest BCUT2D eigenvalue weighted by molar-refractivity contribution is -0.139. The van der Waals surface area contributed by atoms with Crippen molar-refractivity contribution in [1.82, 2.24) is 5.32 Å². The fourth-order valence-corrected chi connectivity index (χ4v) is 5.62. The number of aliphatic carboxylic acids is 1. The maximum Gasteiger partial charge on any atom is 0.341 e. The Morgan fingerprint density at radius 1 is 1.05 bits per heavy atom. The van der Waals surface area contributed by atoms with Crippen LogP contribution in [0.4, 0.5) is 11.4 Å². The fraction of sp³-hybridized carbons (Fsp3) is 0.303. The van der Waals surface area contributed by atoms with Gasteiger partial charge in [-0.1, -0.05) is 66.7 Å². The van der Waals surface area contributed by atoms with E-state index < -0.39 is 5.97 Å². The van der Waals surface area contributed by atoms with E-state index in [0.717, 1.165) is 43.6 Å². The van der Waals surface area contributed by atoms with Gasteiger partial charge in [0.1, 0.15) is 5.75 Å². The number of carbonyl (C=O) groups is 1. The Hall–Kier alpha value is -3.54. The maximum absolute atomic E-state index is 11.0. The van der Waals surface area contributed by atoms with Gasteiger partial charge in [0, 0.05) is 30.0 Å². The first-order valence-corrected chi connectivity index (χ1v) is 13.5. The number of anilines is 2. The number of hydrogen-bond acceptors (Lipinski definition) is 4. The number of rotatable bonds is 10. The second-order valence-corrected chi connectivity index (χ2v) is 10.3. The Morgan fingerprint density at radius 3 is 2.67 bits per heavy atom. The predicted molar refractivity (Wildman–Crippen MR) is 162 cm³/mol. The van der Waals surface area contributed by atoms with E-state index in [1.54, 1.807) is 0 Å². The summed E-state index contributed by atoms with van der Waals surface area (Å²) in [7, 11) is 0. The number of fused-ring (bicyclic) bond motifs is 2. The van der Waals surface area contributed by atoms with Gasteiger partial charge in [-0.3, -0.25) is 0 Å². The molecule has 0 saturated carbocycles. The molecule has 1 aliphatic rings. The van der Waals surface area contributed by atoms with Crippen molar-refractivity contribution in [2.45, 2.75) is 39.2 Å². The summed E-state index contributed by atoms with van der Waals surface area (Å²) in [5.74, 6) is 0.182. The average molecular weight is 545 g/mol. The van der Waals surface area contributed by atoms with Crippen molar-refractivity contribution < 1.29 is 14.6 Å². The molecule has 6 heteroatoms. The van der Waals surface area contributed by atoms with Crippen molar-refractivity contribution in [3.8, 4) is 5.75 Å². The minimum absolute atomic E-state index is 0. The Balaban J connectivity index is 0.00000353. The van der Waals surface area contributed by atoms with Crippen LogP contribution >= 0.6 is 12.4 Å². The number of para-hydroxylation sites is 1. The largest absolute Gasteiger partial charge is 0.482 e. The fourth-order valence-electron chi connectivity index (χ4n) is 5.62. The van der Waals surface area contributed by atoms with Gasteiger partial charge in [0.05, 0.1) is 0 Å². The van der Waals surface area contributed by atoms with E-state index in [9.17, 15) is 4.79 Å². The lowest BCUT2D eigenvalue weighted by Crippen LogP contribution is -2.32. The minimum Gasteiger partial charge on any atom is -0.482 e. The van der Waals surface area contributed by atoms with E-state index in [1.165, 1.54) is 27.6 Å². The molecule has 1 heterocycles. The molecule has 39 heavy (non-hydrogen) atoms. The topological polar surface area (TPSA) is 61.8 Å². The molecule has 0 amide bonds. The van der Waals surface area contributed by atoms with Crippen molar-refractivity contribution in [2.24, 2.45) is 5.92 Å². The molecule has 4 aromatic carbocycles. The zero-order valence-electron chi connectivity index (χ0n) is 22.6. The lowest BCUT2D eigenvalue weighted by Gasteiger charge is -2.36. The van der Waals surface area contributed by atoms with E-state index in [-0.39, 0.29) is 19.0 Å². The van der Waals surface area contributed by atoms with Crippen molar-refractivity contribution in [2.75, 3.05) is 24.6 Å². The van der Waals surface area contributed by atoms with Crippen molar-refractivity contribution in [1.29, 1.82) is 0 Å². The van der Waals surface area contributed by atoms with E-state index in [0.29, 0.717) is 17.7 Å². The standard InChI is InChI=1S/C33H36N2O3.ClH/c1-23-16-17-28(20-32(23)38-22-33(36)37)35-21-25(19-27-11-4-6-15-31(27)35)9-8-18-34-24(2)29-14-7-12-26-10-3-5-13-30(26)29;/h3-7,10-17,20,24-25,34H,8-9,18-19,21-22H2,1-2H3,(H,36,37);1H/t24-,25?;/m1./s1. The van der Waals surface area contributed by atoms with Crippen molar-refractivity contribution in [3.05, 3.63) is 102 Å². The molecule has 0 saturated heterocycles. The molecule has 0 spiro atoms. The van der Waals surface area contributed by atoms with Gasteiger partial charge in [0.25, 0.3) is 0 Å². The molecule has 0 bridgehead atoms. The summed E-state index contributed by atoms with van der Waals surface area (Å²) in [5, 5.41) is 15.4. The van der Waals surface area contributed by atoms with E-state index in [4.69, 9.17) is 9.84 Å². The van der Waals surface area contributed by atoms with Gasteiger partial charge in [-0.25, -0.2) is 4.79 Å². The maximum atomic E-state index is 11.0. The third kappa shape index (κ3) is 6.73. The number of aryl methyl sites for hydroxylation is 1. The summed E-state index contributed by atoms with van der Waals surface area (Å²) < 4.78 is 5.58. The first-order valence-electron chi connectivity index (χ1n) is 13.5. The van der Waals surface area contributed by atoms with Crippen molar-refractivity contribution in [3.63, 3.8) is 0 Å². The normalized spacial score (nSPS) is 15.3. The monoisotopic (exact) mass is 544 g/mol. The average Bonchev–Trinajstić information content (AvgIpc) is 2.94. The molecule has 0 aliphatic carbocycles. The van der Waals surface area contributed by atoms with Crippen LogP contribution in [-0.2, 0) is 11.2 Å². The third-order valence-electron chi connectivity index (χ3n) is 7.60. The number of nitrogens with one attached hydrogen (secondary N) is 1. The molecule has 4 aromatic rings. The highest BCUT2D eigenvalue weighted by atomic mass is 35.5. The molecule has 0 aromatic heterocycles. The number of hydrogen-bond donors (Lipinski definition) is 2. The number of benzene rings is 4. The highest BCUT2D eigenvalue weighted by molar-refractivity contribution is 5.86. The van der Waals surface area contributed by atoms with Crippen LogP contribution in [0.15, 0.2) is 84.9 Å². The number of ether oxygens (including phenoxy) is 1. The van der Waals surface area contributed by atoms with E-state index in [1.807, 2.05) is 19.1 Å². The smallest absolute Gasteiger partial charge is 0.341 e. The molecule has 1 aliphatic heterocycles. The zero-order chi connectivity index (χ0) is 26.5. The van der Waals surface area contributed by atoms with Gasteiger partial charge in [0.2, 0.25) is 0 Å².